The van der Waals surface area contributed by atoms with Gasteiger partial charge in [-0.2, -0.15) is 0 Å². The number of nitrogens with two attached hydrogens (primary N) is 1. The summed E-state index contributed by atoms with van der Waals surface area (Å²) in [6.07, 6.45) is 1.65. The fourth-order valence-electron chi connectivity index (χ4n) is 1.55. The van der Waals surface area contributed by atoms with Crippen molar-refractivity contribution < 1.29 is 4.74 Å². The van der Waals surface area contributed by atoms with Crippen LogP contribution in [0.1, 0.15) is 5.69 Å². The molecule has 0 aliphatic heterocycles. The molecule has 3 N–H and O–H groups in total. The van der Waals surface area contributed by atoms with Crippen LogP contribution >= 0.6 is 23.8 Å². The molecule has 4 nitrogen and oxygen atoms in total. The molecule has 0 amide bonds. The summed E-state index contributed by atoms with van der Waals surface area (Å²) in [6.45, 7) is 0. The highest BCUT2D eigenvalue weighted by atomic mass is 35.5. The number of halogens is 1. The number of thiocarbonyl (C=S) groups is 1. The number of rotatable bonds is 4. The molecule has 0 unspecified atom stereocenters. The van der Waals surface area contributed by atoms with E-state index in [1.54, 1.807) is 37.6 Å². The van der Waals surface area contributed by atoms with Crippen LogP contribution in [0.25, 0.3) is 0 Å². The maximum atomic E-state index is 5.96. The van der Waals surface area contributed by atoms with Gasteiger partial charge in [-0.05, 0) is 30.3 Å². The third kappa shape index (κ3) is 3.33. The average Bonchev–Trinajstić information content (AvgIpc) is 2.39. The van der Waals surface area contributed by atoms with E-state index in [9.17, 15) is 0 Å². The maximum absolute atomic E-state index is 5.96. The Kier molecular flexibility index (Phi) is 4.19. The van der Waals surface area contributed by atoms with E-state index in [4.69, 9.17) is 34.3 Å². The van der Waals surface area contributed by atoms with E-state index < -0.39 is 0 Å². The van der Waals surface area contributed by atoms with Gasteiger partial charge in [0.25, 0.3) is 0 Å². The van der Waals surface area contributed by atoms with E-state index >= 15 is 0 Å². The number of hydrogen-bond donors (Lipinski definition) is 2. The van der Waals surface area contributed by atoms with Crippen molar-refractivity contribution in [2.24, 2.45) is 5.73 Å². The highest BCUT2D eigenvalue weighted by molar-refractivity contribution is 7.80. The lowest BCUT2D eigenvalue weighted by molar-refractivity contribution is 0.417. The van der Waals surface area contributed by atoms with Gasteiger partial charge in [0.1, 0.15) is 10.7 Å². The van der Waals surface area contributed by atoms with Gasteiger partial charge in [-0.1, -0.05) is 23.8 Å². The maximum Gasteiger partial charge on any atom is 0.142 e. The van der Waals surface area contributed by atoms with Crippen LogP contribution in [0.2, 0.25) is 5.02 Å². The lowest BCUT2D eigenvalue weighted by Gasteiger charge is -2.11. The first-order valence-electron chi connectivity index (χ1n) is 5.46. The minimum atomic E-state index is 0.270. The van der Waals surface area contributed by atoms with Crippen LogP contribution in [0, 0.1) is 0 Å². The summed E-state index contributed by atoms with van der Waals surface area (Å²) in [5, 5.41) is 3.80. The Morgan fingerprint density at radius 2 is 2.16 bits per heavy atom. The van der Waals surface area contributed by atoms with Crippen molar-refractivity contribution in [2.45, 2.75) is 0 Å². The highest BCUT2D eigenvalue weighted by Gasteiger charge is 2.05. The molecular formula is C13H12ClN3OS. The van der Waals surface area contributed by atoms with Crippen LogP contribution < -0.4 is 15.8 Å². The number of aromatic nitrogens is 1. The predicted molar refractivity (Wildman–Crippen MR) is 81.4 cm³/mol. The molecule has 0 radical (unpaired) electrons. The second-order valence-corrected chi connectivity index (χ2v) is 4.64. The Morgan fingerprint density at radius 1 is 1.37 bits per heavy atom. The molecular weight excluding hydrogens is 282 g/mol. The SMILES string of the molecule is COc1ccc(Cl)cc1Nc1ccc(C(N)=S)nc1. The Labute approximate surface area is 121 Å². The van der Waals surface area contributed by atoms with Crippen molar-refractivity contribution in [3.8, 4) is 5.75 Å². The third-order valence-corrected chi connectivity index (χ3v) is 2.90. The highest BCUT2D eigenvalue weighted by Crippen LogP contribution is 2.30. The van der Waals surface area contributed by atoms with Gasteiger partial charge in [0, 0.05) is 5.02 Å². The number of benzene rings is 1. The van der Waals surface area contributed by atoms with E-state index in [2.05, 4.69) is 10.3 Å². The Hall–Kier alpha value is -1.85. The van der Waals surface area contributed by atoms with Crippen molar-refractivity contribution in [3.63, 3.8) is 0 Å². The Morgan fingerprint density at radius 3 is 2.74 bits per heavy atom. The molecule has 1 heterocycles. The van der Waals surface area contributed by atoms with Gasteiger partial charge < -0.3 is 15.8 Å². The number of pyridine rings is 1. The van der Waals surface area contributed by atoms with Crippen molar-refractivity contribution >= 4 is 40.2 Å². The molecule has 1 aromatic heterocycles. The normalized spacial score (nSPS) is 10.0. The van der Waals surface area contributed by atoms with E-state index in [1.807, 2.05) is 6.07 Å². The van der Waals surface area contributed by atoms with Gasteiger partial charge in [-0.15, -0.1) is 0 Å². The van der Waals surface area contributed by atoms with Crippen LogP contribution in [0.15, 0.2) is 36.5 Å². The van der Waals surface area contributed by atoms with Gasteiger partial charge >= 0.3 is 0 Å². The first-order valence-corrected chi connectivity index (χ1v) is 6.25. The summed E-state index contributed by atoms with van der Waals surface area (Å²) in [6, 6.07) is 8.92. The van der Waals surface area contributed by atoms with Crippen LogP contribution in [0.4, 0.5) is 11.4 Å². The van der Waals surface area contributed by atoms with E-state index in [-0.39, 0.29) is 4.99 Å². The molecule has 0 saturated carbocycles. The summed E-state index contributed by atoms with van der Waals surface area (Å²) in [5.74, 6) is 0.697. The topological polar surface area (TPSA) is 60.2 Å². The van der Waals surface area contributed by atoms with Gasteiger partial charge in [-0.3, -0.25) is 4.98 Å². The van der Waals surface area contributed by atoms with Gasteiger partial charge in [0.05, 0.1) is 30.4 Å². The monoisotopic (exact) mass is 293 g/mol. The summed E-state index contributed by atoms with van der Waals surface area (Å²) in [7, 11) is 1.60. The fraction of sp³-hybridized carbons (Fsp3) is 0.0769. The zero-order valence-corrected chi connectivity index (χ0v) is 11.8. The molecule has 98 valence electrons. The molecule has 0 bridgehead atoms. The molecule has 0 saturated heterocycles. The largest absolute Gasteiger partial charge is 0.495 e. The molecule has 6 heteroatoms. The molecule has 1 aromatic carbocycles. The lowest BCUT2D eigenvalue weighted by Crippen LogP contribution is -2.11. The number of ether oxygens (including phenoxy) is 1. The minimum Gasteiger partial charge on any atom is -0.495 e. The first-order chi connectivity index (χ1) is 9.10. The zero-order valence-electron chi connectivity index (χ0n) is 10.2. The summed E-state index contributed by atoms with van der Waals surface area (Å²) >= 11 is 10.8. The summed E-state index contributed by atoms with van der Waals surface area (Å²) in [5.41, 5.74) is 7.63. The minimum absolute atomic E-state index is 0.270. The molecule has 0 fully saturated rings. The summed E-state index contributed by atoms with van der Waals surface area (Å²) < 4.78 is 5.25. The quantitative estimate of drug-likeness (QED) is 0.848. The number of methoxy groups -OCH3 is 1. The van der Waals surface area contributed by atoms with E-state index in [1.165, 1.54) is 0 Å². The number of anilines is 2. The molecule has 19 heavy (non-hydrogen) atoms. The van der Waals surface area contributed by atoms with Crippen molar-refractivity contribution in [3.05, 3.63) is 47.2 Å². The van der Waals surface area contributed by atoms with E-state index in [0.717, 1.165) is 11.4 Å². The van der Waals surface area contributed by atoms with Crippen LogP contribution in [-0.2, 0) is 0 Å². The van der Waals surface area contributed by atoms with Crippen molar-refractivity contribution in [2.75, 3.05) is 12.4 Å². The molecule has 0 aliphatic rings. The van der Waals surface area contributed by atoms with E-state index in [0.29, 0.717) is 16.5 Å². The van der Waals surface area contributed by atoms with Crippen molar-refractivity contribution in [1.82, 2.24) is 4.98 Å². The van der Waals surface area contributed by atoms with Gasteiger partial charge in [-0.25, -0.2) is 0 Å². The second kappa shape index (κ2) is 5.86. The average molecular weight is 294 g/mol. The van der Waals surface area contributed by atoms with Gasteiger partial charge in [0.2, 0.25) is 0 Å². The van der Waals surface area contributed by atoms with Crippen LogP contribution in [-0.4, -0.2) is 17.1 Å². The number of nitrogens with one attached hydrogen (secondary N) is 1. The molecule has 2 rings (SSSR count). The van der Waals surface area contributed by atoms with Gasteiger partial charge in [0.15, 0.2) is 0 Å². The fourth-order valence-corrected chi connectivity index (χ4v) is 1.84. The Balaban J connectivity index is 2.25. The number of hydrogen-bond acceptors (Lipinski definition) is 4. The molecule has 0 atom stereocenters. The molecule has 2 aromatic rings. The zero-order chi connectivity index (χ0) is 13.8. The molecule has 0 spiro atoms. The first kappa shape index (κ1) is 13.6. The predicted octanol–water partition coefficient (Wildman–Crippen LogP) is 3.12. The third-order valence-electron chi connectivity index (χ3n) is 2.46. The smallest absolute Gasteiger partial charge is 0.142 e. The van der Waals surface area contributed by atoms with Crippen molar-refractivity contribution in [1.29, 1.82) is 0 Å². The van der Waals surface area contributed by atoms with Crippen LogP contribution in [0.5, 0.6) is 5.75 Å². The lowest BCUT2D eigenvalue weighted by atomic mass is 10.2. The summed E-state index contributed by atoms with van der Waals surface area (Å²) in [4.78, 5) is 4.42. The molecule has 0 aliphatic carbocycles. The second-order valence-electron chi connectivity index (χ2n) is 3.77. The van der Waals surface area contributed by atoms with Crippen LogP contribution in [0.3, 0.4) is 0 Å². The number of nitrogens with zero attached hydrogens (tertiary/aromatic N) is 1. The standard InChI is InChI=1S/C13H12ClN3OS/c1-18-12-5-2-8(14)6-11(12)17-9-3-4-10(13(15)19)16-7-9/h2-7,17H,1H3,(H2,15,19). The Bertz CT molecular complexity index is 601.